The number of esters is 4. The van der Waals surface area contributed by atoms with E-state index < -0.39 is 0 Å². The normalized spacial score (nSPS) is 13.8. The van der Waals surface area contributed by atoms with Gasteiger partial charge in [0.25, 0.3) is 0 Å². The molecule has 0 aliphatic rings. The van der Waals surface area contributed by atoms with Crippen LogP contribution in [0, 0.1) is 23.7 Å². The van der Waals surface area contributed by atoms with Crippen molar-refractivity contribution in [2.45, 2.75) is 171 Å². The van der Waals surface area contributed by atoms with E-state index in [4.69, 9.17) is 9.47 Å². The molecule has 0 saturated heterocycles. The van der Waals surface area contributed by atoms with Gasteiger partial charge >= 0.3 is 23.9 Å². The summed E-state index contributed by atoms with van der Waals surface area (Å²) in [5.74, 6) is -1.86. The fourth-order valence-corrected chi connectivity index (χ4v) is 4.56. The van der Waals surface area contributed by atoms with Gasteiger partial charge in [0.05, 0.1) is 23.7 Å². The second kappa shape index (κ2) is 27.4. The van der Waals surface area contributed by atoms with Crippen LogP contribution in [0.25, 0.3) is 0 Å². The minimum atomic E-state index is -0.369. The minimum Gasteiger partial charge on any atom is -0.393 e. The summed E-state index contributed by atoms with van der Waals surface area (Å²) in [6, 6.07) is 0. The maximum Gasteiger partial charge on any atom is 0.316 e. The Balaban J connectivity index is 0. The summed E-state index contributed by atoms with van der Waals surface area (Å²) in [6.07, 6.45) is 17.6. The van der Waals surface area contributed by atoms with Crippen molar-refractivity contribution in [2.75, 3.05) is 0 Å². The van der Waals surface area contributed by atoms with Crippen LogP contribution in [0.5, 0.6) is 0 Å². The average Bonchev–Trinajstić information content (AvgIpc) is 2.93. The Hall–Kier alpha value is -1.72. The van der Waals surface area contributed by atoms with Gasteiger partial charge in [-0.1, -0.05) is 132 Å². The fourth-order valence-electron chi connectivity index (χ4n) is 4.56. The largest absolute Gasteiger partial charge is 0.393 e. The SMILES string of the molecule is CCCCC(C)C(=O)OC(=O)C(C)CCCC.CCCCCC(CCC)C(=O)OC(=O)C(CCC)CCCCC. The molecule has 4 unspecified atom stereocenters. The van der Waals surface area contributed by atoms with Gasteiger partial charge in [-0.15, -0.1) is 0 Å². The van der Waals surface area contributed by atoms with Crippen molar-refractivity contribution in [1.29, 1.82) is 0 Å². The van der Waals surface area contributed by atoms with Crippen LogP contribution in [0.2, 0.25) is 0 Å². The Morgan fingerprint density at radius 2 is 0.725 bits per heavy atom. The van der Waals surface area contributed by atoms with Gasteiger partial charge in [0, 0.05) is 0 Å². The molecule has 0 aromatic rings. The molecular formula is C34H64O6. The summed E-state index contributed by atoms with van der Waals surface area (Å²) in [7, 11) is 0. The van der Waals surface area contributed by atoms with E-state index in [1.807, 2.05) is 13.8 Å². The second-order valence-electron chi connectivity index (χ2n) is 11.5. The highest BCUT2D eigenvalue weighted by molar-refractivity contribution is 5.88. The Morgan fingerprint density at radius 3 is 1.02 bits per heavy atom. The zero-order valence-corrected chi connectivity index (χ0v) is 27.5. The predicted molar refractivity (Wildman–Crippen MR) is 165 cm³/mol. The highest BCUT2D eigenvalue weighted by Gasteiger charge is 2.26. The van der Waals surface area contributed by atoms with Gasteiger partial charge in [0.15, 0.2) is 0 Å². The van der Waals surface area contributed by atoms with Crippen molar-refractivity contribution in [3.05, 3.63) is 0 Å². The lowest BCUT2D eigenvalue weighted by Crippen LogP contribution is -2.26. The van der Waals surface area contributed by atoms with Crippen molar-refractivity contribution in [2.24, 2.45) is 23.7 Å². The van der Waals surface area contributed by atoms with Crippen LogP contribution in [-0.2, 0) is 28.7 Å². The smallest absolute Gasteiger partial charge is 0.316 e. The molecule has 0 radical (unpaired) electrons. The van der Waals surface area contributed by atoms with Crippen LogP contribution in [0.1, 0.15) is 171 Å². The standard InChI is InChI=1S/C20H38O3.C14H26O3/c1-5-9-11-15-17(13-7-3)19(21)23-20(22)18(14-8-4)16-12-10-6-2;1-5-7-9-11(3)13(15)17-14(16)12(4)10-8-6-2/h17-18H,5-16H2,1-4H3;11-12H,5-10H2,1-4H3. The zero-order chi connectivity index (χ0) is 30.8. The zero-order valence-electron chi connectivity index (χ0n) is 27.5. The molecule has 0 N–H and O–H groups in total. The van der Waals surface area contributed by atoms with Gasteiger partial charge in [-0.3, -0.25) is 19.2 Å². The van der Waals surface area contributed by atoms with E-state index in [0.29, 0.717) is 0 Å². The van der Waals surface area contributed by atoms with Crippen LogP contribution in [-0.4, -0.2) is 23.9 Å². The Morgan fingerprint density at radius 1 is 0.400 bits per heavy atom. The molecule has 0 aliphatic carbocycles. The number of unbranched alkanes of at least 4 members (excludes halogenated alkanes) is 6. The maximum atomic E-state index is 12.3. The first-order valence-corrected chi connectivity index (χ1v) is 16.6. The number of hydrogen-bond acceptors (Lipinski definition) is 6. The molecule has 6 heteroatoms. The van der Waals surface area contributed by atoms with E-state index in [1.54, 1.807) is 0 Å². The second-order valence-corrected chi connectivity index (χ2v) is 11.5. The summed E-state index contributed by atoms with van der Waals surface area (Å²) < 4.78 is 10.2. The molecular weight excluding hydrogens is 504 g/mol. The van der Waals surface area contributed by atoms with Crippen molar-refractivity contribution in [3.63, 3.8) is 0 Å². The van der Waals surface area contributed by atoms with E-state index in [2.05, 4.69) is 41.5 Å². The average molecular weight is 569 g/mol. The summed E-state index contributed by atoms with van der Waals surface area (Å²) in [5, 5.41) is 0. The van der Waals surface area contributed by atoms with Crippen LogP contribution < -0.4 is 0 Å². The molecule has 0 rings (SSSR count). The molecule has 0 spiro atoms. The third kappa shape index (κ3) is 21.1. The third-order valence-corrected chi connectivity index (χ3v) is 7.44. The number of hydrogen-bond donors (Lipinski definition) is 0. The Bertz CT molecular complexity index is 605. The number of carbonyl (C=O) groups excluding carboxylic acids is 4. The summed E-state index contributed by atoms with van der Waals surface area (Å²) in [4.78, 5) is 47.9. The predicted octanol–water partition coefficient (Wildman–Crippen LogP) is 9.76. The van der Waals surface area contributed by atoms with E-state index in [1.165, 1.54) is 0 Å². The molecule has 0 saturated carbocycles. The summed E-state index contributed by atoms with van der Waals surface area (Å²) >= 11 is 0. The van der Waals surface area contributed by atoms with Crippen molar-refractivity contribution in [1.82, 2.24) is 0 Å². The third-order valence-electron chi connectivity index (χ3n) is 7.44. The molecule has 0 aromatic heterocycles. The fraction of sp³-hybridized carbons (Fsp3) is 0.882. The molecule has 0 amide bonds. The molecule has 0 heterocycles. The topological polar surface area (TPSA) is 86.7 Å². The number of rotatable bonds is 22. The summed E-state index contributed by atoms with van der Waals surface area (Å²) in [5.41, 5.74) is 0. The Kier molecular flexibility index (Phi) is 27.7. The summed E-state index contributed by atoms with van der Waals surface area (Å²) in [6.45, 7) is 16.3. The lowest BCUT2D eigenvalue weighted by molar-refractivity contribution is -0.167. The first kappa shape index (κ1) is 40.4. The van der Waals surface area contributed by atoms with Crippen molar-refractivity contribution >= 4 is 23.9 Å². The van der Waals surface area contributed by atoms with Crippen LogP contribution in [0.4, 0.5) is 0 Å². The van der Waals surface area contributed by atoms with Gasteiger partial charge in [-0.25, -0.2) is 0 Å². The number of carbonyl (C=O) groups is 4. The first-order chi connectivity index (χ1) is 19.1. The van der Waals surface area contributed by atoms with Gasteiger partial charge in [-0.2, -0.15) is 0 Å². The van der Waals surface area contributed by atoms with Gasteiger partial charge in [0.1, 0.15) is 0 Å². The van der Waals surface area contributed by atoms with E-state index in [9.17, 15) is 19.2 Å². The first-order valence-electron chi connectivity index (χ1n) is 16.6. The molecule has 0 fully saturated rings. The molecule has 0 bridgehead atoms. The molecule has 0 aliphatic heterocycles. The highest BCUT2D eigenvalue weighted by atomic mass is 16.6. The quantitative estimate of drug-likeness (QED) is 0.0734. The minimum absolute atomic E-state index is 0.103. The van der Waals surface area contributed by atoms with Gasteiger partial charge in [0.2, 0.25) is 0 Å². The van der Waals surface area contributed by atoms with E-state index >= 15 is 0 Å². The van der Waals surface area contributed by atoms with Crippen molar-refractivity contribution < 1.29 is 28.7 Å². The lowest BCUT2D eigenvalue weighted by atomic mass is 9.95. The van der Waals surface area contributed by atoms with Gasteiger partial charge < -0.3 is 9.47 Å². The lowest BCUT2D eigenvalue weighted by Gasteiger charge is -2.18. The molecule has 6 nitrogen and oxygen atoms in total. The van der Waals surface area contributed by atoms with Crippen LogP contribution >= 0.6 is 0 Å². The van der Waals surface area contributed by atoms with Gasteiger partial charge in [-0.05, 0) is 38.5 Å². The van der Waals surface area contributed by atoms with E-state index in [0.717, 1.165) is 116 Å². The maximum absolute atomic E-state index is 12.3. The van der Waals surface area contributed by atoms with Crippen molar-refractivity contribution in [3.8, 4) is 0 Å². The molecule has 4 atom stereocenters. The number of ether oxygens (including phenoxy) is 2. The van der Waals surface area contributed by atoms with Crippen LogP contribution in [0.3, 0.4) is 0 Å². The van der Waals surface area contributed by atoms with E-state index in [-0.39, 0.29) is 47.5 Å². The Labute approximate surface area is 247 Å². The molecule has 40 heavy (non-hydrogen) atoms. The van der Waals surface area contributed by atoms with Crippen LogP contribution in [0.15, 0.2) is 0 Å². The molecule has 236 valence electrons. The monoisotopic (exact) mass is 568 g/mol. The highest BCUT2D eigenvalue weighted by Crippen LogP contribution is 2.21. The molecule has 0 aromatic carbocycles.